The number of rotatable bonds is 3. The Bertz CT molecular complexity index is 401. The van der Waals surface area contributed by atoms with Crippen LogP contribution in [0.5, 0.6) is 0 Å². The van der Waals surface area contributed by atoms with Gasteiger partial charge in [-0.25, -0.2) is 8.78 Å². The molecule has 0 saturated carbocycles. The Morgan fingerprint density at radius 2 is 1.89 bits per heavy atom. The van der Waals surface area contributed by atoms with Crippen molar-refractivity contribution in [3.05, 3.63) is 35.4 Å². The Balaban J connectivity index is 2.28. The van der Waals surface area contributed by atoms with E-state index in [-0.39, 0.29) is 6.04 Å². The molecule has 0 spiro atoms. The van der Waals surface area contributed by atoms with Gasteiger partial charge in [-0.3, -0.25) is 0 Å². The summed E-state index contributed by atoms with van der Waals surface area (Å²) in [5.74, 6) is -0.535. The Kier molecular flexibility index (Phi) is 4.30. The molecule has 1 aliphatic heterocycles. The quantitative estimate of drug-likeness (QED) is 0.892. The smallest absolute Gasteiger partial charge is 0.130 e. The second-order valence-electron chi connectivity index (χ2n) is 5.16. The van der Waals surface area contributed by atoms with Gasteiger partial charge in [-0.05, 0) is 52.0 Å². The van der Waals surface area contributed by atoms with E-state index >= 15 is 0 Å². The third kappa shape index (κ3) is 2.87. The first kappa shape index (κ1) is 13.4. The number of halogens is 2. The van der Waals surface area contributed by atoms with Gasteiger partial charge in [-0.15, -0.1) is 0 Å². The lowest BCUT2D eigenvalue weighted by Crippen LogP contribution is -2.36. The van der Waals surface area contributed by atoms with Crippen molar-refractivity contribution in [1.29, 1.82) is 0 Å². The standard InChI is InChI=1S/C14H20F2N2/c1-18(2)14(10-5-7-17-8-6-10)12-4-3-11(15)9-13(12)16/h3-4,9-10,14,17H,5-8H2,1-2H3. The van der Waals surface area contributed by atoms with Gasteiger partial charge in [0, 0.05) is 17.7 Å². The molecular weight excluding hydrogens is 234 g/mol. The molecule has 1 aromatic rings. The van der Waals surface area contributed by atoms with E-state index in [1.165, 1.54) is 6.07 Å². The summed E-state index contributed by atoms with van der Waals surface area (Å²) >= 11 is 0. The molecule has 4 heteroatoms. The van der Waals surface area contributed by atoms with Crippen LogP contribution in [0.3, 0.4) is 0 Å². The molecule has 2 rings (SSSR count). The van der Waals surface area contributed by atoms with Crippen LogP contribution in [0.25, 0.3) is 0 Å². The summed E-state index contributed by atoms with van der Waals surface area (Å²) in [7, 11) is 3.91. The lowest BCUT2D eigenvalue weighted by molar-refractivity contribution is 0.173. The molecule has 1 aliphatic rings. The minimum atomic E-state index is -0.515. The van der Waals surface area contributed by atoms with E-state index in [2.05, 4.69) is 5.32 Å². The first-order chi connectivity index (χ1) is 8.59. The van der Waals surface area contributed by atoms with Crippen LogP contribution >= 0.6 is 0 Å². The van der Waals surface area contributed by atoms with Gasteiger partial charge in [0.25, 0.3) is 0 Å². The topological polar surface area (TPSA) is 15.3 Å². The number of benzene rings is 1. The molecule has 1 fully saturated rings. The molecular formula is C14H20F2N2. The Morgan fingerprint density at radius 1 is 1.22 bits per heavy atom. The van der Waals surface area contributed by atoms with Gasteiger partial charge in [0.05, 0.1) is 0 Å². The minimum absolute atomic E-state index is 0.0210. The fourth-order valence-corrected chi connectivity index (χ4v) is 2.86. The van der Waals surface area contributed by atoms with Crippen LogP contribution < -0.4 is 5.32 Å². The number of hydrogen-bond acceptors (Lipinski definition) is 2. The fourth-order valence-electron chi connectivity index (χ4n) is 2.86. The molecule has 18 heavy (non-hydrogen) atoms. The van der Waals surface area contributed by atoms with Crippen molar-refractivity contribution < 1.29 is 8.78 Å². The molecule has 1 aromatic carbocycles. The predicted octanol–water partition coefficient (Wildman–Crippen LogP) is 2.57. The zero-order chi connectivity index (χ0) is 13.1. The van der Waals surface area contributed by atoms with Crippen LogP contribution in [0.2, 0.25) is 0 Å². The van der Waals surface area contributed by atoms with Gasteiger partial charge >= 0.3 is 0 Å². The Hall–Kier alpha value is -1.00. The largest absolute Gasteiger partial charge is 0.317 e. The van der Waals surface area contributed by atoms with E-state index in [1.807, 2.05) is 19.0 Å². The zero-order valence-corrected chi connectivity index (χ0v) is 10.9. The van der Waals surface area contributed by atoms with Crippen molar-refractivity contribution in [3.8, 4) is 0 Å². The van der Waals surface area contributed by atoms with Crippen molar-refractivity contribution in [2.24, 2.45) is 5.92 Å². The molecule has 0 aliphatic carbocycles. The van der Waals surface area contributed by atoms with Gasteiger partial charge in [-0.2, -0.15) is 0 Å². The average molecular weight is 254 g/mol. The van der Waals surface area contributed by atoms with Crippen molar-refractivity contribution in [2.75, 3.05) is 27.2 Å². The zero-order valence-electron chi connectivity index (χ0n) is 10.9. The summed E-state index contributed by atoms with van der Waals surface area (Å²) in [6.45, 7) is 1.94. The molecule has 1 saturated heterocycles. The molecule has 1 atom stereocenters. The van der Waals surface area contributed by atoms with Crippen LogP contribution in [0.15, 0.2) is 18.2 Å². The number of hydrogen-bond donors (Lipinski definition) is 1. The lowest BCUT2D eigenvalue weighted by atomic mass is 9.85. The SMILES string of the molecule is CN(C)C(c1ccc(F)cc1F)C1CCNCC1. The maximum atomic E-state index is 13.9. The van der Waals surface area contributed by atoms with Crippen molar-refractivity contribution in [2.45, 2.75) is 18.9 Å². The highest BCUT2D eigenvalue weighted by molar-refractivity contribution is 5.23. The van der Waals surface area contributed by atoms with E-state index in [1.54, 1.807) is 6.07 Å². The second kappa shape index (κ2) is 5.76. The van der Waals surface area contributed by atoms with Crippen LogP contribution in [0.4, 0.5) is 8.78 Å². The van der Waals surface area contributed by atoms with Crippen molar-refractivity contribution in [1.82, 2.24) is 10.2 Å². The average Bonchev–Trinajstić information content (AvgIpc) is 2.33. The Morgan fingerprint density at radius 3 is 2.44 bits per heavy atom. The van der Waals surface area contributed by atoms with Crippen LogP contribution in [-0.4, -0.2) is 32.1 Å². The third-order valence-corrected chi connectivity index (χ3v) is 3.67. The summed E-state index contributed by atoms with van der Waals surface area (Å²) in [5, 5.41) is 3.31. The third-order valence-electron chi connectivity index (χ3n) is 3.67. The monoisotopic (exact) mass is 254 g/mol. The normalized spacial score (nSPS) is 19.2. The summed E-state index contributed by atoms with van der Waals surface area (Å²) in [6, 6.07) is 3.92. The van der Waals surface area contributed by atoms with Crippen LogP contribution in [-0.2, 0) is 0 Å². The van der Waals surface area contributed by atoms with E-state index < -0.39 is 11.6 Å². The predicted molar refractivity (Wildman–Crippen MR) is 68.4 cm³/mol. The summed E-state index contributed by atoms with van der Waals surface area (Å²) in [5.41, 5.74) is 0.605. The van der Waals surface area contributed by atoms with Crippen molar-refractivity contribution in [3.63, 3.8) is 0 Å². The highest BCUT2D eigenvalue weighted by Gasteiger charge is 2.28. The lowest BCUT2D eigenvalue weighted by Gasteiger charge is -2.35. The van der Waals surface area contributed by atoms with Gasteiger partial charge in [0.2, 0.25) is 0 Å². The molecule has 0 radical (unpaired) electrons. The van der Waals surface area contributed by atoms with Gasteiger partial charge < -0.3 is 10.2 Å². The van der Waals surface area contributed by atoms with E-state index in [4.69, 9.17) is 0 Å². The number of piperidine rings is 1. The first-order valence-corrected chi connectivity index (χ1v) is 6.41. The van der Waals surface area contributed by atoms with Crippen molar-refractivity contribution >= 4 is 0 Å². The highest BCUT2D eigenvalue weighted by atomic mass is 19.1. The van der Waals surface area contributed by atoms with Crippen LogP contribution in [0, 0.1) is 17.6 Å². The highest BCUT2D eigenvalue weighted by Crippen LogP contribution is 2.34. The molecule has 2 nitrogen and oxygen atoms in total. The maximum absolute atomic E-state index is 13.9. The van der Waals surface area contributed by atoms with Gasteiger partial charge in [-0.1, -0.05) is 6.07 Å². The van der Waals surface area contributed by atoms with Gasteiger partial charge in [0.1, 0.15) is 11.6 Å². The number of nitrogens with zero attached hydrogens (tertiary/aromatic N) is 1. The molecule has 0 aromatic heterocycles. The van der Waals surface area contributed by atoms with E-state index in [0.717, 1.165) is 32.0 Å². The molecule has 1 N–H and O–H groups in total. The molecule has 100 valence electrons. The second-order valence-corrected chi connectivity index (χ2v) is 5.16. The van der Waals surface area contributed by atoms with E-state index in [9.17, 15) is 8.78 Å². The van der Waals surface area contributed by atoms with Crippen LogP contribution in [0.1, 0.15) is 24.4 Å². The Labute approximate surface area is 107 Å². The maximum Gasteiger partial charge on any atom is 0.130 e. The molecule has 0 amide bonds. The first-order valence-electron chi connectivity index (χ1n) is 6.41. The van der Waals surface area contributed by atoms with E-state index in [0.29, 0.717) is 11.5 Å². The summed E-state index contributed by atoms with van der Waals surface area (Å²) in [6.07, 6.45) is 2.05. The fraction of sp³-hybridized carbons (Fsp3) is 0.571. The minimum Gasteiger partial charge on any atom is -0.317 e. The van der Waals surface area contributed by atoms with Gasteiger partial charge in [0.15, 0.2) is 0 Å². The summed E-state index contributed by atoms with van der Waals surface area (Å²) < 4.78 is 26.9. The number of nitrogens with one attached hydrogen (secondary N) is 1. The molecule has 0 bridgehead atoms. The summed E-state index contributed by atoms with van der Waals surface area (Å²) in [4.78, 5) is 2.03. The molecule has 1 unspecified atom stereocenters. The molecule has 1 heterocycles.